The summed E-state index contributed by atoms with van der Waals surface area (Å²) in [5.41, 5.74) is 5.42. The van der Waals surface area contributed by atoms with Gasteiger partial charge < -0.3 is 10.6 Å². The molecule has 0 aliphatic carbocycles. The normalized spacial score (nSPS) is 18.6. The molecule has 9 heteroatoms. The van der Waals surface area contributed by atoms with Crippen LogP contribution in [0.1, 0.15) is 6.92 Å². The molecule has 0 aromatic rings. The average Bonchev–Trinajstić information content (AvgIpc) is 2.15. The molecule has 1 rings (SSSR count). The first-order valence-corrected chi connectivity index (χ1v) is 5.13. The van der Waals surface area contributed by atoms with E-state index in [4.69, 9.17) is 5.73 Å². The topological polar surface area (TPSA) is 49.6 Å². The van der Waals surface area contributed by atoms with Crippen molar-refractivity contribution in [1.29, 1.82) is 0 Å². The van der Waals surface area contributed by atoms with Crippen molar-refractivity contribution < 1.29 is 18.0 Å². The van der Waals surface area contributed by atoms with E-state index in [-0.39, 0.29) is 43.8 Å². The SMILES string of the molecule is C[C@@H](N)C(=O)N1CCN(CC(F)(F)F)CC1.Cl.Cl. The molecule has 18 heavy (non-hydrogen) atoms. The van der Waals surface area contributed by atoms with Gasteiger partial charge in [-0.2, -0.15) is 13.2 Å². The van der Waals surface area contributed by atoms with Crippen LogP contribution in [0.4, 0.5) is 13.2 Å². The molecule has 0 radical (unpaired) electrons. The van der Waals surface area contributed by atoms with Crippen molar-refractivity contribution >= 4 is 30.7 Å². The molecule has 0 spiro atoms. The fourth-order valence-electron chi connectivity index (χ4n) is 1.67. The van der Waals surface area contributed by atoms with Gasteiger partial charge in [0.1, 0.15) is 0 Å². The standard InChI is InChI=1S/C9H16F3N3O.2ClH/c1-7(13)8(16)15-4-2-14(3-5-15)6-9(10,11)12;;/h7H,2-6,13H2,1H3;2*1H/t7-;;/m1../s1. The largest absolute Gasteiger partial charge is 0.401 e. The van der Waals surface area contributed by atoms with Gasteiger partial charge in [-0.3, -0.25) is 9.69 Å². The predicted octanol–water partition coefficient (Wildman–Crippen LogP) is 0.884. The monoisotopic (exact) mass is 311 g/mol. The van der Waals surface area contributed by atoms with E-state index in [1.54, 1.807) is 6.92 Å². The Balaban J connectivity index is 0. The summed E-state index contributed by atoms with van der Waals surface area (Å²) in [6.07, 6.45) is -4.17. The fraction of sp³-hybridized carbons (Fsp3) is 0.889. The second-order valence-electron chi connectivity index (χ2n) is 4.01. The van der Waals surface area contributed by atoms with Crippen LogP contribution in [0.15, 0.2) is 0 Å². The van der Waals surface area contributed by atoms with Crippen LogP contribution in [0.5, 0.6) is 0 Å². The minimum Gasteiger partial charge on any atom is -0.339 e. The van der Waals surface area contributed by atoms with Gasteiger partial charge in [0.2, 0.25) is 5.91 Å². The number of carbonyl (C=O) groups is 1. The molecule has 0 bridgehead atoms. The summed E-state index contributed by atoms with van der Waals surface area (Å²) in [6, 6.07) is -0.589. The molecule has 1 amide bonds. The van der Waals surface area contributed by atoms with Crippen LogP contribution in [0.2, 0.25) is 0 Å². The zero-order valence-electron chi connectivity index (χ0n) is 9.94. The lowest BCUT2D eigenvalue weighted by atomic mass is 10.2. The molecule has 0 unspecified atom stereocenters. The van der Waals surface area contributed by atoms with Gasteiger partial charge in [0.25, 0.3) is 0 Å². The number of amides is 1. The lowest BCUT2D eigenvalue weighted by Crippen LogP contribution is -2.53. The maximum atomic E-state index is 12.1. The van der Waals surface area contributed by atoms with Crippen LogP contribution in [0.3, 0.4) is 0 Å². The summed E-state index contributed by atoms with van der Waals surface area (Å²) in [4.78, 5) is 14.3. The van der Waals surface area contributed by atoms with Crippen molar-refractivity contribution in [2.75, 3.05) is 32.7 Å². The smallest absolute Gasteiger partial charge is 0.339 e. The third-order valence-corrected chi connectivity index (χ3v) is 2.48. The molecule has 1 aliphatic rings. The molecule has 1 heterocycles. The number of nitrogens with two attached hydrogens (primary N) is 1. The summed E-state index contributed by atoms with van der Waals surface area (Å²) in [5, 5.41) is 0. The van der Waals surface area contributed by atoms with Crippen LogP contribution in [-0.2, 0) is 4.79 Å². The van der Waals surface area contributed by atoms with Crippen LogP contribution < -0.4 is 5.73 Å². The highest BCUT2D eigenvalue weighted by Crippen LogP contribution is 2.17. The van der Waals surface area contributed by atoms with Gasteiger partial charge in [0.15, 0.2) is 0 Å². The molecule has 1 saturated heterocycles. The van der Waals surface area contributed by atoms with Gasteiger partial charge in [0.05, 0.1) is 12.6 Å². The predicted molar refractivity (Wildman–Crippen MR) is 67.2 cm³/mol. The molecule has 0 aromatic carbocycles. The Bertz CT molecular complexity index is 256. The van der Waals surface area contributed by atoms with Crippen molar-refractivity contribution in [3.63, 3.8) is 0 Å². The van der Waals surface area contributed by atoms with Gasteiger partial charge in [0, 0.05) is 26.2 Å². The molecule has 1 atom stereocenters. The molecular formula is C9H18Cl2F3N3O. The summed E-state index contributed by atoms with van der Waals surface area (Å²) < 4.78 is 36.2. The molecule has 110 valence electrons. The van der Waals surface area contributed by atoms with Crippen molar-refractivity contribution in [2.24, 2.45) is 5.73 Å². The Hall–Kier alpha value is -0.240. The summed E-state index contributed by atoms with van der Waals surface area (Å²) in [5.74, 6) is -0.202. The van der Waals surface area contributed by atoms with Crippen LogP contribution >= 0.6 is 24.8 Å². The van der Waals surface area contributed by atoms with Crippen LogP contribution in [-0.4, -0.2) is 60.6 Å². The van der Waals surface area contributed by atoms with Gasteiger partial charge in [-0.15, -0.1) is 24.8 Å². The van der Waals surface area contributed by atoms with Crippen LogP contribution in [0.25, 0.3) is 0 Å². The molecule has 0 saturated carbocycles. The van der Waals surface area contributed by atoms with Gasteiger partial charge in [-0.1, -0.05) is 0 Å². The Morgan fingerprint density at radius 3 is 2.00 bits per heavy atom. The minimum atomic E-state index is -4.17. The maximum absolute atomic E-state index is 12.1. The van der Waals surface area contributed by atoms with Crippen LogP contribution in [0, 0.1) is 0 Å². The van der Waals surface area contributed by atoms with Gasteiger partial charge in [-0.05, 0) is 6.92 Å². The fourth-order valence-corrected chi connectivity index (χ4v) is 1.67. The first-order valence-electron chi connectivity index (χ1n) is 5.13. The number of halogens is 5. The highest BCUT2D eigenvalue weighted by atomic mass is 35.5. The second kappa shape index (κ2) is 8.04. The number of nitrogens with zero attached hydrogens (tertiary/aromatic N) is 2. The minimum absolute atomic E-state index is 0. The zero-order chi connectivity index (χ0) is 12.3. The lowest BCUT2D eigenvalue weighted by molar-refractivity contribution is -0.152. The third-order valence-electron chi connectivity index (χ3n) is 2.48. The van der Waals surface area contributed by atoms with Gasteiger partial charge >= 0.3 is 6.18 Å². The molecule has 0 aromatic heterocycles. The first kappa shape index (κ1) is 20.1. The molecule has 4 nitrogen and oxygen atoms in total. The van der Waals surface area contributed by atoms with E-state index in [1.807, 2.05) is 0 Å². The highest BCUT2D eigenvalue weighted by Gasteiger charge is 2.33. The van der Waals surface area contributed by atoms with Crippen molar-refractivity contribution in [2.45, 2.75) is 19.1 Å². The molecular weight excluding hydrogens is 294 g/mol. The molecule has 1 fully saturated rings. The average molecular weight is 312 g/mol. The zero-order valence-corrected chi connectivity index (χ0v) is 11.6. The number of carbonyl (C=O) groups excluding carboxylic acids is 1. The second-order valence-corrected chi connectivity index (χ2v) is 4.01. The Kier molecular flexibility index (Phi) is 8.97. The number of rotatable bonds is 2. The highest BCUT2D eigenvalue weighted by molar-refractivity contribution is 5.85. The number of piperazine rings is 1. The summed E-state index contributed by atoms with van der Waals surface area (Å²) >= 11 is 0. The quantitative estimate of drug-likeness (QED) is 0.824. The van der Waals surface area contributed by atoms with E-state index >= 15 is 0 Å². The maximum Gasteiger partial charge on any atom is 0.401 e. The third kappa shape index (κ3) is 6.63. The van der Waals surface area contributed by atoms with Gasteiger partial charge in [-0.25, -0.2) is 0 Å². The molecule has 1 aliphatic heterocycles. The van der Waals surface area contributed by atoms with E-state index < -0.39 is 18.8 Å². The number of hydrogen-bond acceptors (Lipinski definition) is 3. The Morgan fingerprint density at radius 1 is 1.22 bits per heavy atom. The lowest BCUT2D eigenvalue weighted by Gasteiger charge is -2.35. The molecule has 2 N–H and O–H groups in total. The first-order chi connectivity index (χ1) is 7.29. The number of alkyl halides is 3. The van der Waals surface area contributed by atoms with E-state index in [1.165, 1.54) is 9.80 Å². The van der Waals surface area contributed by atoms with E-state index in [0.717, 1.165) is 0 Å². The van der Waals surface area contributed by atoms with E-state index in [2.05, 4.69) is 0 Å². The Labute approximate surface area is 116 Å². The van der Waals surface area contributed by atoms with E-state index in [0.29, 0.717) is 13.1 Å². The summed E-state index contributed by atoms with van der Waals surface area (Å²) in [6.45, 7) is 1.79. The van der Waals surface area contributed by atoms with Crippen molar-refractivity contribution in [3.8, 4) is 0 Å². The van der Waals surface area contributed by atoms with E-state index in [9.17, 15) is 18.0 Å². The number of hydrogen-bond donors (Lipinski definition) is 1. The summed E-state index contributed by atoms with van der Waals surface area (Å²) in [7, 11) is 0. The van der Waals surface area contributed by atoms with Crippen molar-refractivity contribution in [1.82, 2.24) is 9.80 Å². The Morgan fingerprint density at radius 2 is 1.67 bits per heavy atom. The van der Waals surface area contributed by atoms with Crippen molar-refractivity contribution in [3.05, 3.63) is 0 Å².